The second-order valence-electron chi connectivity index (χ2n) is 3.81. The van der Waals surface area contributed by atoms with Gasteiger partial charge in [0.15, 0.2) is 11.5 Å². The first-order valence-corrected chi connectivity index (χ1v) is 5.86. The Morgan fingerprint density at radius 2 is 2.05 bits per heavy atom. The third-order valence-corrected chi connectivity index (χ3v) is 2.28. The Hall–Kier alpha value is -2.30. The highest BCUT2D eigenvalue weighted by atomic mass is 16.6. The Labute approximate surface area is 111 Å². The van der Waals surface area contributed by atoms with Crippen LogP contribution in [0, 0.1) is 0 Å². The van der Waals surface area contributed by atoms with E-state index in [2.05, 4.69) is 0 Å². The van der Waals surface area contributed by atoms with Gasteiger partial charge in [-0.25, -0.2) is 4.79 Å². The zero-order valence-electron chi connectivity index (χ0n) is 10.9. The van der Waals surface area contributed by atoms with Crippen LogP contribution in [0.15, 0.2) is 24.3 Å². The molecular weight excluding hydrogens is 248 g/mol. The van der Waals surface area contributed by atoms with Crippen LogP contribution in [0.1, 0.15) is 25.3 Å². The summed E-state index contributed by atoms with van der Waals surface area (Å²) < 4.78 is 10.3. The van der Waals surface area contributed by atoms with E-state index < -0.39 is 5.97 Å². The quantitative estimate of drug-likeness (QED) is 0.485. The number of aliphatic carboxylic acids is 1. The van der Waals surface area contributed by atoms with Crippen molar-refractivity contribution in [2.75, 3.05) is 7.11 Å². The average Bonchev–Trinajstić information content (AvgIpc) is 2.37. The van der Waals surface area contributed by atoms with Crippen molar-refractivity contribution in [2.24, 2.45) is 0 Å². The zero-order chi connectivity index (χ0) is 14.3. The van der Waals surface area contributed by atoms with Crippen LogP contribution in [-0.4, -0.2) is 24.2 Å². The molecule has 1 rings (SSSR count). The number of ether oxygens (including phenoxy) is 2. The Kier molecular flexibility index (Phi) is 5.60. The number of carbonyl (C=O) groups is 2. The molecule has 0 fully saturated rings. The Bertz CT molecular complexity index is 491. The van der Waals surface area contributed by atoms with Crippen LogP contribution in [0.3, 0.4) is 0 Å². The molecule has 0 aliphatic rings. The van der Waals surface area contributed by atoms with Gasteiger partial charge in [-0.15, -0.1) is 0 Å². The van der Waals surface area contributed by atoms with Gasteiger partial charge in [0.1, 0.15) is 0 Å². The molecule has 0 bridgehead atoms. The molecule has 1 N–H and O–H groups in total. The first kappa shape index (κ1) is 14.8. The molecule has 0 spiro atoms. The lowest BCUT2D eigenvalue weighted by atomic mass is 10.2. The fraction of sp³-hybridized carbons (Fsp3) is 0.286. The minimum Gasteiger partial charge on any atom is -0.493 e. The number of hydrogen-bond acceptors (Lipinski definition) is 4. The predicted molar refractivity (Wildman–Crippen MR) is 70.2 cm³/mol. The van der Waals surface area contributed by atoms with E-state index in [9.17, 15) is 9.59 Å². The molecule has 0 atom stereocenters. The fourth-order valence-electron chi connectivity index (χ4n) is 1.42. The van der Waals surface area contributed by atoms with Crippen LogP contribution in [0.4, 0.5) is 0 Å². The molecule has 0 amide bonds. The Balaban J connectivity index is 2.90. The van der Waals surface area contributed by atoms with E-state index >= 15 is 0 Å². The molecule has 1 aromatic rings. The number of rotatable bonds is 6. The van der Waals surface area contributed by atoms with Crippen LogP contribution in [0.2, 0.25) is 0 Å². The Morgan fingerprint density at radius 1 is 1.32 bits per heavy atom. The fourth-order valence-corrected chi connectivity index (χ4v) is 1.42. The normalized spacial score (nSPS) is 10.4. The van der Waals surface area contributed by atoms with Crippen molar-refractivity contribution in [3.63, 3.8) is 0 Å². The molecule has 1 aromatic carbocycles. The topological polar surface area (TPSA) is 72.8 Å². The highest BCUT2D eigenvalue weighted by Gasteiger charge is 2.09. The van der Waals surface area contributed by atoms with Crippen molar-refractivity contribution in [3.8, 4) is 11.5 Å². The van der Waals surface area contributed by atoms with Gasteiger partial charge < -0.3 is 14.6 Å². The molecule has 0 aromatic heterocycles. The van der Waals surface area contributed by atoms with Crippen molar-refractivity contribution in [1.82, 2.24) is 0 Å². The molecule has 0 aliphatic carbocycles. The standard InChI is InChI=1S/C14H16O5/c1-3-4-14(17)19-11-7-5-10(6-8-13(15)16)9-12(11)18-2/h5-9H,3-4H2,1-2H3,(H,15,16). The molecule has 0 heterocycles. The molecular formula is C14H16O5. The van der Waals surface area contributed by atoms with Crippen LogP contribution >= 0.6 is 0 Å². The number of carboxylic acids is 1. The van der Waals surface area contributed by atoms with E-state index in [1.54, 1.807) is 18.2 Å². The van der Waals surface area contributed by atoms with E-state index in [4.69, 9.17) is 14.6 Å². The van der Waals surface area contributed by atoms with Gasteiger partial charge in [0.05, 0.1) is 7.11 Å². The minimum absolute atomic E-state index is 0.324. The molecule has 0 radical (unpaired) electrons. The maximum Gasteiger partial charge on any atom is 0.328 e. The summed E-state index contributed by atoms with van der Waals surface area (Å²) in [6, 6.07) is 4.83. The lowest BCUT2D eigenvalue weighted by Crippen LogP contribution is -2.07. The smallest absolute Gasteiger partial charge is 0.328 e. The molecule has 102 valence electrons. The third kappa shape index (κ3) is 4.83. The van der Waals surface area contributed by atoms with Crippen molar-refractivity contribution in [2.45, 2.75) is 19.8 Å². The van der Waals surface area contributed by atoms with E-state index in [0.717, 1.165) is 6.08 Å². The third-order valence-electron chi connectivity index (χ3n) is 2.28. The maximum atomic E-state index is 11.4. The first-order chi connectivity index (χ1) is 9.06. The number of hydrogen-bond donors (Lipinski definition) is 1. The minimum atomic E-state index is -1.03. The molecule has 5 heteroatoms. The summed E-state index contributed by atoms with van der Waals surface area (Å²) >= 11 is 0. The monoisotopic (exact) mass is 264 g/mol. The highest BCUT2D eigenvalue weighted by Crippen LogP contribution is 2.29. The van der Waals surface area contributed by atoms with Gasteiger partial charge in [-0.05, 0) is 30.2 Å². The van der Waals surface area contributed by atoms with E-state index in [1.807, 2.05) is 6.92 Å². The average molecular weight is 264 g/mol. The van der Waals surface area contributed by atoms with Crippen molar-refractivity contribution < 1.29 is 24.2 Å². The van der Waals surface area contributed by atoms with Gasteiger partial charge >= 0.3 is 11.9 Å². The molecule has 5 nitrogen and oxygen atoms in total. The largest absolute Gasteiger partial charge is 0.493 e. The van der Waals surface area contributed by atoms with Crippen LogP contribution in [0.25, 0.3) is 6.08 Å². The van der Waals surface area contributed by atoms with Gasteiger partial charge in [-0.3, -0.25) is 4.79 Å². The van der Waals surface area contributed by atoms with Crippen molar-refractivity contribution >= 4 is 18.0 Å². The Morgan fingerprint density at radius 3 is 2.63 bits per heavy atom. The molecule has 0 aliphatic heterocycles. The number of carboxylic acid groups (broad SMARTS) is 1. The summed E-state index contributed by atoms with van der Waals surface area (Å²) in [5, 5.41) is 8.55. The van der Waals surface area contributed by atoms with Gasteiger partial charge in [0.2, 0.25) is 0 Å². The number of methoxy groups -OCH3 is 1. The zero-order valence-corrected chi connectivity index (χ0v) is 10.9. The van der Waals surface area contributed by atoms with Crippen molar-refractivity contribution in [3.05, 3.63) is 29.8 Å². The number of esters is 1. The highest BCUT2D eigenvalue weighted by molar-refractivity contribution is 5.85. The van der Waals surface area contributed by atoms with Crippen LogP contribution < -0.4 is 9.47 Å². The summed E-state index contributed by atoms with van der Waals surface area (Å²) in [5.74, 6) is -0.641. The molecule has 0 saturated heterocycles. The lowest BCUT2D eigenvalue weighted by Gasteiger charge is -2.09. The molecule has 19 heavy (non-hydrogen) atoms. The summed E-state index contributed by atoms with van der Waals surface area (Å²) in [6.07, 6.45) is 3.50. The summed E-state index contributed by atoms with van der Waals surface area (Å²) in [7, 11) is 1.46. The van der Waals surface area contributed by atoms with Crippen molar-refractivity contribution in [1.29, 1.82) is 0 Å². The van der Waals surface area contributed by atoms with E-state index in [-0.39, 0.29) is 5.97 Å². The second-order valence-corrected chi connectivity index (χ2v) is 3.81. The first-order valence-electron chi connectivity index (χ1n) is 5.86. The molecule has 0 saturated carbocycles. The summed E-state index contributed by atoms with van der Waals surface area (Å²) in [5.41, 5.74) is 0.648. The van der Waals surface area contributed by atoms with E-state index in [0.29, 0.717) is 29.9 Å². The van der Waals surface area contributed by atoms with Crippen LogP contribution in [0.5, 0.6) is 11.5 Å². The predicted octanol–water partition coefficient (Wildman–Crippen LogP) is 2.50. The lowest BCUT2D eigenvalue weighted by molar-refractivity contribution is -0.134. The van der Waals surface area contributed by atoms with Gasteiger partial charge in [0.25, 0.3) is 0 Å². The van der Waals surface area contributed by atoms with Gasteiger partial charge in [-0.2, -0.15) is 0 Å². The number of carbonyl (C=O) groups excluding carboxylic acids is 1. The number of benzene rings is 1. The van der Waals surface area contributed by atoms with Gasteiger partial charge in [-0.1, -0.05) is 13.0 Å². The SMILES string of the molecule is CCCC(=O)Oc1ccc(C=CC(=O)O)cc1OC. The second kappa shape index (κ2) is 7.20. The maximum absolute atomic E-state index is 11.4. The summed E-state index contributed by atoms with van der Waals surface area (Å²) in [6.45, 7) is 1.89. The molecule has 0 unspecified atom stereocenters. The van der Waals surface area contributed by atoms with Crippen LogP contribution in [-0.2, 0) is 9.59 Å². The summed E-state index contributed by atoms with van der Waals surface area (Å²) in [4.78, 5) is 21.8. The van der Waals surface area contributed by atoms with Gasteiger partial charge in [0, 0.05) is 12.5 Å². The van der Waals surface area contributed by atoms with E-state index in [1.165, 1.54) is 13.2 Å².